The van der Waals surface area contributed by atoms with Gasteiger partial charge in [0.05, 0.1) is 22.8 Å². The maximum absolute atomic E-state index is 13.0. The first-order valence-corrected chi connectivity index (χ1v) is 10.6. The van der Waals surface area contributed by atoms with Crippen molar-refractivity contribution in [2.45, 2.75) is 19.2 Å². The summed E-state index contributed by atoms with van der Waals surface area (Å²) in [6, 6.07) is 18.0. The Labute approximate surface area is 195 Å². The van der Waals surface area contributed by atoms with E-state index in [-0.39, 0.29) is 23.2 Å². The van der Waals surface area contributed by atoms with Gasteiger partial charge in [-0.3, -0.25) is 14.5 Å². The maximum Gasteiger partial charge on any atom is 0.416 e. The van der Waals surface area contributed by atoms with Crippen molar-refractivity contribution in [2.24, 2.45) is 5.92 Å². The number of halogens is 3. The van der Waals surface area contributed by atoms with Gasteiger partial charge in [0.1, 0.15) is 0 Å². The summed E-state index contributed by atoms with van der Waals surface area (Å²) < 4.78 is 39.0. The molecule has 1 heterocycles. The van der Waals surface area contributed by atoms with Crippen molar-refractivity contribution in [3.05, 3.63) is 113 Å². The summed E-state index contributed by atoms with van der Waals surface area (Å²) in [6.45, 7) is 5.85. The van der Waals surface area contributed by atoms with E-state index < -0.39 is 35.6 Å². The molecule has 0 saturated carbocycles. The number of imide groups is 1. The average Bonchev–Trinajstić information content (AvgIpc) is 3.06. The van der Waals surface area contributed by atoms with E-state index in [2.05, 4.69) is 6.58 Å². The zero-order valence-corrected chi connectivity index (χ0v) is 18.3. The van der Waals surface area contributed by atoms with Gasteiger partial charge in [0.25, 0.3) is 11.8 Å². The lowest BCUT2D eigenvalue weighted by atomic mass is 9.85. The van der Waals surface area contributed by atoms with Crippen LogP contribution in [0.15, 0.2) is 79.4 Å². The van der Waals surface area contributed by atoms with Gasteiger partial charge in [-0.25, -0.2) is 0 Å². The second-order valence-corrected chi connectivity index (χ2v) is 8.33. The van der Waals surface area contributed by atoms with E-state index in [0.717, 1.165) is 22.6 Å². The van der Waals surface area contributed by atoms with Gasteiger partial charge >= 0.3 is 6.18 Å². The predicted octanol–water partition coefficient (Wildman–Crippen LogP) is 5.67. The van der Waals surface area contributed by atoms with Crippen LogP contribution in [0.4, 0.5) is 13.2 Å². The molecule has 2 unspecified atom stereocenters. The number of aliphatic hydroxyl groups excluding tert-OH is 1. The molecule has 0 aromatic heterocycles. The molecule has 34 heavy (non-hydrogen) atoms. The number of aliphatic hydroxyl groups is 1. The highest BCUT2D eigenvalue weighted by Crippen LogP contribution is 2.37. The van der Waals surface area contributed by atoms with E-state index in [1.807, 2.05) is 31.2 Å². The lowest BCUT2D eigenvalue weighted by Crippen LogP contribution is -2.37. The van der Waals surface area contributed by atoms with Crippen molar-refractivity contribution in [3.8, 4) is 0 Å². The molecule has 3 aromatic rings. The van der Waals surface area contributed by atoms with Crippen LogP contribution >= 0.6 is 0 Å². The molecule has 1 aliphatic rings. The van der Waals surface area contributed by atoms with Gasteiger partial charge < -0.3 is 5.11 Å². The Morgan fingerprint density at radius 2 is 1.44 bits per heavy atom. The van der Waals surface area contributed by atoms with Crippen molar-refractivity contribution < 1.29 is 27.9 Å². The number of carbonyl (C=O) groups excluding carboxylic acids is 2. The molecule has 4 nitrogen and oxygen atoms in total. The van der Waals surface area contributed by atoms with Crippen LogP contribution in [0.1, 0.15) is 49.1 Å². The van der Waals surface area contributed by atoms with Gasteiger partial charge in [-0.1, -0.05) is 60.7 Å². The number of hydrogen-bond acceptors (Lipinski definition) is 3. The molecule has 0 bridgehead atoms. The smallest absolute Gasteiger partial charge is 0.388 e. The van der Waals surface area contributed by atoms with Gasteiger partial charge in [0.2, 0.25) is 0 Å². The summed E-state index contributed by atoms with van der Waals surface area (Å²) in [7, 11) is 0. The molecule has 1 aliphatic heterocycles. The molecular weight excluding hydrogens is 443 g/mol. The summed E-state index contributed by atoms with van der Waals surface area (Å²) in [5.74, 6) is -1.81. The highest BCUT2D eigenvalue weighted by atomic mass is 19.4. The highest BCUT2D eigenvalue weighted by Gasteiger charge is 2.39. The van der Waals surface area contributed by atoms with Gasteiger partial charge in [0.15, 0.2) is 0 Å². The lowest BCUT2D eigenvalue weighted by Gasteiger charge is -2.29. The number of carbonyl (C=O) groups is 2. The largest absolute Gasteiger partial charge is 0.416 e. The number of benzene rings is 3. The summed E-state index contributed by atoms with van der Waals surface area (Å²) in [5.41, 5.74) is 2.10. The standard InChI is InChI=1S/C27H22F3NO3/c1-16-7-9-18(10-8-16)17(2)23(24(32)19-11-13-20(14-12-19)27(28,29)30)15-31-25(33)21-5-3-4-6-22(21)26(31)34/h3-14,23-24,32H,2,15H2,1H3. The molecule has 0 radical (unpaired) electrons. The molecule has 2 amide bonds. The fourth-order valence-electron chi connectivity index (χ4n) is 4.09. The first kappa shape index (κ1) is 23.4. The van der Waals surface area contributed by atoms with Crippen LogP contribution in [-0.2, 0) is 6.18 Å². The summed E-state index contributed by atoms with van der Waals surface area (Å²) >= 11 is 0. The number of fused-ring (bicyclic) bond motifs is 1. The van der Waals surface area contributed by atoms with Crippen molar-refractivity contribution in [2.75, 3.05) is 6.54 Å². The first-order valence-electron chi connectivity index (χ1n) is 10.6. The minimum atomic E-state index is -4.51. The van der Waals surface area contributed by atoms with E-state index >= 15 is 0 Å². The van der Waals surface area contributed by atoms with Crippen LogP contribution in [0.2, 0.25) is 0 Å². The zero-order valence-electron chi connectivity index (χ0n) is 18.3. The fourth-order valence-corrected chi connectivity index (χ4v) is 4.09. The Bertz CT molecular complexity index is 1210. The average molecular weight is 465 g/mol. The van der Waals surface area contributed by atoms with E-state index in [1.165, 1.54) is 12.1 Å². The third-order valence-corrected chi connectivity index (χ3v) is 6.09. The van der Waals surface area contributed by atoms with Crippen molar-refractivity contribution >= 4 is 17.4 Å². The van der Waals surface area contributed by atoms with Gasteiger partial charge in [-0.2, -0.15) is 13.2 Å². The topological polar surface area (TPSA) is 57.6 Å². The molecule has 0 aliphatic carbocycles. The molecule has 2 atom stereocenters. The molecular formula is C27H22F3NO3. The van der Waals surface area contributed by atoms with Crippen LogP contribution in [-0.4, -0.2) is 28.4 Å². The molecule has 1 N–H and O–H groups in total. The van der Waals surface area contributed by atoms with Crippen LogP contribution in [0, 0.1) is 12.8 Å². The number of amides is 2. The molecule has 0 saturated heterocycles. The van der Waals surface area contributed by atoms with Crippen molar-refractivity contribution in [3.63, 3.8) is 0 Å². The highest BCUT2D eigenvalue weighted by molar-refractivity contribution is 6.21. The molecule has 7 heteroatoms. The zero-order chi connectivity index (χ0) is 24.6. The SMILES string of the molecule is C=C(c1ccc(C)cc1)C(CN1C(=O)c2ccccc2C1=O)C(O)c1ccc(C(F)(F)F)cc1. The molecule has 3 aromatic carbocycles. The number of aryl methyl sites for hydroxylation is 1. The second kappa shape index (κ2) is 8.91. The van der Waals surface area contributed by atoms with Gasteiger partial charge in [0, 0.05) is 12.5 Å². The Morgan fingerprint density at radius 1 is 0.912 bits per heavy atom. The van der Waals surface area contributed by atoms with Crippen LogP contribution in [0.25, 0.3) is 5.57 Å². The molecule has 0 fully saturated rings. The third kappa shape index (κ3) is 4.39. The Morgan fingerprint density at radius 3 is 1.94 bits per heavy atom. The lowest BCUT2D eigenvalue weighted by molar-refractivity contribution is -0.137. The van der Waals surface area contributed by atoms with E-state index in [9.17, 15) is 27.9 Å². The quantitative estimate of drug-likeness (QED) is 0.477. The molecule has 174 valence electrons. The van der Waals surface area contributed by atoms with E-state index in [1.54, 1.807) is 24.3 Å². The third-order valence-electron chi connectivity index (χ3n) is 6.09. The Hall–Kier alpha value is -3.71. The number of hydrogen-bond donors (Lipinski definition) is 1. The fraction of sp³-hybridized carbons (Fsp3) is 0.185. The Kier molecular flexibility index (Phi) is 6.15. The van der Waals surface area contributed by atoms with Crippen LogP contribution in [0.3, 0.4) is 0 Å². The minimum Gasteiger partial charge on any atom is -0.388 e. The number of rotatable bonds is 6. The number of nitrogens with zero attached hydrogens (tertiary/aromatic N) is 1. The summed E-state index contributed by atoms with van der Waals surface area (Å²) in [4.78, 5) is 26.9. The normalized spacial score (nSPS) is 15.3. The first-order chi connectivity index (χ1) is 16.1. The second-order valence-electron chi connectivity index (χ2n) is 8.33. The minimum absolute atomic E-state index is 0.179. The summed E-state index contributed by atoms with van der Waals surface area (Å²) in [6.07, 6.45) is -5.81. The van der Waals surface area contributed by atoms with Crippen molar-refractivity contribution in [1.29, 1.82) is 0 Å². The van der Waals surface area contributed by atoms with Crippen molar-refractivity contribution in [1.82, 2.24) is 4.90 Å². The van der Waals surface area contributed by atoms with E-state index in [4.69, 9.17) is 0 Å². The Balaban J connectivity index is 1.69. The molecule has 0 spiro atoms. The number of alkyl halides is 3. The van der Waals surface area contributed by atoms with Gasteiger partial charge in [-0.05, 0) is 47.9 Å². The predicted molar refractivity (Wildman–Crippen MR) is 122 cm³/mol. The van der Waals surface area contributed by atoms with Crippen LogP contribution in [0.5, 0.6) is 0 Å². The summed E-state index contributed by atoms with van der Waals surface area (Å²) in [5, 5.41) is 11.2. The maximum atomic E-state index is 13.0. The monoisotopic (exact) mass is 465 g/mol. The molecule has 4 rings (SSSR count). The van der Waals surface area contributed by atoms with Gasteiger partial charge in [-0.15, -0.1) is 0 Å². The van der Waals surface area contributed by atoms with Crippen LogP contribution < -0.4 is 0 Å². The van der Waals surface area contributed by atoms with E-state index in [0.29, 0.717) is 11.1 Å².